The van der Waals surface area contributed by atoms with Crippen molar-refractivity contribution in [2.45, 2.75) is 18.5 Å². The third-order valence-electron chi connectivity index (χ3n) is 4.03. The number of carbonyl (C=O) groups excluding carboxylic acids is 1. The van der Waals surface area contributed by atoms with Gasteiger partial charge in [0, 0.05) is 5.92 Å². The Morgan fingerprint density at radius 3 is 2.56 bits per heavy atom. The SMILES string of the molecule is O=C(NN=Cc1cccc(C(F)(F)F)c1)C1CC1c1ccc(F)cc1. The fourth-order valence-corrected chi connectivity index (χ4v) is 2.61. The minimum atomic E-state index is -4.43. The molecule has 1 amide bonds. The summed E-state index contributed by atoms with van der Waals surface area (Å²) >= 11 is 0. The van der Waals surface area contributed by atoms with Gasteiger partial charge in [-0.2, -0.15) is 18.3 Å². The summed E-state index contributed by atoms with van der Waals surface area (Å²) in [4.78, 5) is 12.0. The van der Waals surface area contributed by atoms with Crippen molar-refractivity contribution < 1.29 is 22.4 Å². The van der Waals surface area contributed by atoms with E-state index in [0.29, 0.717) is 6.42 Å². The molecule has 0 aliphatic heterocycles. The number of carbonyl (C=O) groups is 1. The van der Waals surface area contributed by atoms with Crippen LogP contribution in [0.2, 0.25) is 0 Å². The fraction of sp³-hybridized carbons (Fsp3) is 0.222. The minimum absolute atomic E-state index is 0.0179. The first-order chi connectivity index (χ1) is 11.8. The molecule has 3 rings (SSSR count). The summed E-state index contributed by atoms with van der Waals surface area (Å²) in [7, 11) is 0. The van der Waals surface area contributed by atoms with E-state index in [1.54, 1.807) is 12.1 Å². The second-order valence-corrected chi connectivity index (χ2v) is 5.86. The highest BCUT2D eigenvalue weighted by Gasteiger charge is 2.43. The fourth-order valence-electron chi connectivity index (χ4n) is 2.61. The van der Waals surface area contributed by atoms with Crippen LogP contribution in [0.15, 0.2) is 53.6 Å². The molecule has 1 N–H and O–H groups in total. The van der Waals surface area contributed by atoms with Crippen molar-refractivity contribution in [2.75, 3.05) is 0 Å². The number of hydrogen-bond acceptors (Lipinski definition) is 2. The van der Waals surface area contributed by atoms with Crippen LogP contribution < -0.4 is 5.43 Å². The van der Waals surface area contributed by atoms with Crippen LogP contribution in [0.25, 0.3) is 0 Å². The molecule has 0 saturated heterocycles. The highest BCUT2D eigenvalue weighted by molar-refractivity contribution is 5.85. The van der Waals surface area contributed by atoms with Crippen LogP contribution in [0.4, 0.5) is 17.6 Å². The van der Waals surface area contributed by atoms with Crippen LogP contribution in [0.1, 0.15) is 29.0 Å². The zero-order valence-corrected chi connectivity index (χ0v) is 12.9. The third-order valence-corrected chi connectivity index (χ3v) is 4.03. The van der Waals surface area contributed by atoms with Crippen LogP contribution in [0, 0.1) is 11.7 Å². The van der Waals surface area contributed by atoms with E-state index in [1.807, 2.05) is 0 Å². The van der Waals surface area contributed by atoms with Gasteiger partial charge in [0.25, 0.3) is 0 Å². The quantitative estimate of drug-likeness (QED) is 0.503. The molecule has 1 saturated carbocycles. The molecule has 2 atom stereocenters. The first kappa shape index (κ1) is 17.1. The first-order valence-corrected chi connectivity index (χ1v) is 7.60. The standard InChI is InChI=1S/C18H14F4N2O/c19-14-6-4-12(5-7-14)15-9-16(15)17(25)24-23-10-11-2-1-3-13(8-11)18(20,21)22/h1-8,10,15-16H,9H2,(H,24,25). The Bertz CT molecular complexity index is 799. The summed E-state index contributed by atoms with van der Waals surface area (Å²) in [6.45, 7) is 0. The molecule has 2 unspecified atom stereocenters. The average Bonchev–Trinajstić information content (AvgIpc) is 3.36. The van der Waals surface area contributed by atoms with Gasteiger partial charge in [-0.15, -0.1) is 0 Å². The van der Waals surface area contributed by atoms with Crippen molar-refractivity contribution in [2.24, 2.45) is 11.0 Å². The first-order valence-electron chi connectivity index (χ1n) is 7.60. The number of nitrogens with zero attached hydrogens (tertiary/aromatic N) is 1. The molecule has 0 heterocycles. The summed E-state index contributed by atoms with van der Waals surface area (Å²) in [5.41, 5.74) is 2.68. The van der Waals surface area contributed by atoms with Crippen molar-refractivity contribution in [1.29, 1.82) is 0 Å². The number of amides is 1. The van der Waals surface area contributed by atoms with Gasteiger partial charge in [0.15, 0.2) is 0 Å². The van der Waals surface area contributed by atoms with E-state index in [1.165, 1.54) is 30.5 Å². The summed E-state index contributed by atoms with van der Waals surface area (Å²) < 4.78 is 50.8. The van der Waals surface area contributed by atoms with E-state index >= 15 is 0 Å². The van der Waals surface area contributed by atoms with Crippen molar-refractivity contribution >= 4 is 12.1 Å². The van der Waals surface area contributed by atoms with E-state index < -0.39 is 11.7 Å². The van der Waals surface area contributed by atoms with Crippen LogP contribution >= 0.6 is 0 Å². The maximum Gasteiger partial charge on any atom is 0.416 e. The lowest BCUT2D eigenvalue weighted by atomic mass is 10.1. The molecule has 3 nitrogen and oxygen atoms in total. The van der Waals surface area contributed by atoms with E-state index in [9.17, 15) is 22.4 Å². The minimum Gasteiger partial charge on any atom is -0.273 e. The molecular formula is C18H14F4N2O. The molecule has 130 valence electrons. The lowest BCUT2D eigenvalue weighted by Gasteiger charge is -2.06. The highest BCUT2D eigenvalue weighted by atomic mass is 19.4. The molecule has 0 bridgehead atoms. The summed E-state index contributed by atoms with van der Waals surface area (Å²) in [5, 5.41) is 3.72. The van der Waals surface area contributed by atoms with E-state index in [-0.39, 0.29) is 29.1 Å². The largest absolute Gasteiger partial charge is 0.416 e. The maximum atomic E-state index is 12.9. The Kier molecular flexibility index (Phi) is 4.57. The van der Waals surface area contributed by atoms with Crippen LogP contribution in [-0.4, -0.2) is 12.1 Å². The second kappa shape index (κ2) is 6.66. The van der Waals surface area contributed by atoms with Gasteiger partial charge in [0.05, 0.1) is 11.8 Å². The summed E-state index contributed by atoms with van der Waals surface area (Å²) in [5.74, 6) is -0.887. The monoisotopic (exact) mass is 350 g/mol. The van der Waals surface area contributed by atoms with Gasteiger partial charge < -0.3 is 0 Å². The number of hydrogen-bond donors (Lipinski definition) is 1. The normalized spacial score (nSPS) is 19.8. The molecule has 2 aromatic carbocycles. The van der Waals surface area contributed by atoms with Crippen molar-refractivity contribution in [1.82, 2.24) is 5.43 Å². The zero-order chi connectivity index (χ0) is 18.0. The van der Waals surface area contributed by atoms with Gasteiger partial charge in [-0.25, -0.2) is 9.82 Å². The van der Waals surface area contributed by atoms with Crippen LogP contribution in [0.5, 0.6) is 0 Å². The molecule has 0 spiro atoms. The predicted octanol–water partition coefficient (Wildman–Crippen LogP) is 4.10. The topological polar surface area (TPSA) is 41.5 Å². The lowest BCUT2D eigenvalue weighted by molar-refractivity contribution is -0.137. The Balaban J connectivity index is 1.56. The summed E-state index contributed by atoms with van der Waals surface area (Å²) in [6.07, 6.45) is -2.62. The van der Waals surface area contributed by atoms with Crippen LogP contribution in [0.3, 0.4) is 0 Å². The average molecular weight is 350 g/mol. The van der Waals surface area contributed by atoms with E-state index in [0.717, 1.165) is 17.7 Å². The molecule has 1 fully saturated rings. The van der Waals surface area contributed by atoms with Crippen molar-refractivity contribution in [3.8, 4) is 0 Å². The Morgan fingerprint density at radius 2 is 1.88 bits per heavy atom. The number of alkyl halides is 3. The molecule has 0 aromatic heterocycles. The Hall–Kier alpha value is -2.70. The molecule has 1 aliphatic rings. The number of hydrazone groups is 1. The summed E-state index contributed by atoms with van der Waals surface area (Å²) in [6, 6.07) is 10.6. The Morgan fingerprint density at radius 1 is 1.16 bits per heavy atom. The van der Waals surface area contributed by atoms with Crippen molar-refractivity contribution in [3.63, 3.8) is 0 Å². The van der Waals surface area contributed by atoms with Gasteiger partial charge in [-0.1, -0.05) is 24.3 Å². The second-order valence-electron chi connectivity index (χ2n) is 5.86. The molecular weight excluding hydrogens is 336 g/mol. The molecule has 0 radical (unpaired) electrons. The smallest absolute Gasteiger partial charge is 0.273 e. The van der Waals surface area contributed by atoms with Crippen LogP contribution in [-0.2, 0) is 11.0 Å². The lowest BCUT2D eigenvalue weighted by Crippen LogP contribution is -2.20. The zero-order valence-electron chi connectivity index (χ0n) is 12.9. The molecule has 25 heavy (non-hydrogen) atoms. The van der Waals surface area contributed by atoms with Gasteiger partial charge in [0.1, 0.15) is 5.82 Å². The van der Waals surface area contributed by atoms with E-state index in [4.69, 9.17) is 0 Å². The number of rotatable bonds is 4. The van der Waals surface area contributed by atoms with Gasteiger partial charge in [-0.3, -0.25) is 4.79 Å². The van der Waals surface area contributed by atoms with Gasteiger partial charge in [0.2, 0.25) is 5.91 Å². The maximum absolute atomic E-state index is 12.9. The molecule has 1 aliphatic carbocycles. The number of benzene rings is 2. The number of nitrogens with one attached hydrogen (secondary N) is 1. The van der Waals surface area contributed by atoms with Gasteiger partial charge in [-0.05, 0) is 47.7 Å². The van der Waals surface area contributed by atoms with E-state index in [2.05, 4.69) is 10.5 Å². The molecule has 2 aromatic rings. The third kappa shape index (κ3) is 4.23. The number of halogens is 4. The highest BCUT2D eigenvalue weighted by Crippen LogP contribution is 2.47. The van der Waals surface area contributed by atoms with Gasteiger partial charge >= 0.3 is 6.18 Å². The van der Waals surface area contributed by atoms with Crippen molar-refractivity contribution in [3.05, 3.63) is 71.0 Å². The Labute approximate surface area is 141 Å². The molecule has 7 heteroatoms. The predicted molar refractivity (Wildman–Crippen MR) is 84.4 cm³/mol.